The van der Waals surface area contributed by atoms with Gasteiger partial charge < -0.3 is 9.84 Å². The molecule has 0 aromatic heterocycles. The molecule has 0 saturated carbocycles. The number of hydrogen-bond acceptors (Lipinski definition) is 3. The molecule has 1 unspecified atom stereocenters. The molecule has 7 heteroatoms. The fraction of sp³-hybridized carbons (Fsp3) is 0.467. The van der Waals surface area contributed by atoms with Crippen LogP contribution in [-0.2, 0) is 37.8 Å². The van der Waals surface area contributed by atoms with Crippen molar-refractivity contribution in [2.45, 2.75) is 76.8 Å². The number of carbonyl (C=O) groups is 2. The number of esters is 1. The highest BCUT2D eigenvalue weighted by molar-refractivity contribution is 5.95. The van der Waals surface area contributed by atoms with Gasteiger partial charge in [-0.1, -0.05) is 64.1 Å². The molecule has 0 aliphatic heterocycles. The van der Waals surface area contributed by atoms with Gasteiger partial charge in [-0.3, -0.25) is 9.59 Å². The van der Waals surface area contributed by atoms with Crippen LogP contribution in [0.25, 0.3) is 5.57 Å². The number of carboxylic acid groups (broad SMARTS) is 1. The lowest BCUT2D eigenvalue weighted by Gasteiger charge is -2.42. The third-order valence-corrected chi connectivity index (χ3v) is 7.51. The van der Waals surface area contributed by atoms with E-state index in [0.717, 1.165) is 37.6 Å². The largest absolute Gasteiger partial charge is 0.481 e. The number of aryl methyl sites for hydroxylation is 1. The first-order valence-electron chi connectivity index (χ1n) is 12.5. The molecule has 0 bridgehead atoms. The van der Waals surface area contributed by atoms with Crippen LogP contribution in [0.2, 0.25) is 0 Å². The van der Waals surface area contributed by atoms with Crippen LogP contribution in [0.1, 0.15) is 81.2 Å². The zero-order valence-corrected chi connectivity index (χ0v) is 22.0. The normalized spacial score (nSPS) is 17.6. The number of halogens is 3. The summed E-state index contributed by atoms with van der Waals surface area (Å²) < 4.78 is 44.7. The van der Waals surface area contributed by atoms with Gasteiger partial charge in [-0.2, -0.15) is 13.2 Å². The quantitative estimate of drug-likeness (QED) is 0.295. The number of alkyl halides is 3. The van der Waals surface area contributed by atoms with Gasteiger partial charge in [0.15, 0.2) is 5.92 Å². The van der Waals surface area contributed by atoms with E-state index in [0.29, 0.717) is 18.4 Å². The van der Waals surface area contributed by atoms with Crippen molar-refractivity contribution in [2.75, 3.05) is 7.11 Å². The standard InChI is InChI=1S/C30H35F3O4/c1-28(2)14-15-29(3,4)25-16-19(12-13-24(25)28)8-6-9-21(18-23(26(34)35)27(36)37-5)20-10-7-11-22(17-20)30(31,32)33/h7,9-13,16-17,23H,6,8,14-15,18H2,1-5H3,(H,34,35). The zero-order valence-electron chi connectivity index (χ0n) is 22.0. The molecular weight excluding hydrogens is 481 g/mol. The lowest BCUT2D eigenvalue weighted by molar-refractivity contribution is -0.156. The summed E-state index contributed by atoms with van der Waals surface area (Å²) in [5.74, 6) is -3.84. The minimum Gasteiger partial charge on any atom is -0.481 e. The van der Waals surface area contributed by atoms with Gasteiger partial charge in [-0.25, -0.2) is 0 Å². The highest BCUT2D eigenvalue weighted by atomic mass is 19.4. The number of methoxy groups -OCH3 is 1. The maximum atomic E-state index is 13.3. The summed E-state index contributed by atoms with van der Waals surface area (Å²) in [6.07, 6.45) is 0.224. The topological polar surface area (TPSA) is 63.6 Å². The van der Waals surface area contributed by atoms with Crippen molar-refractivity contribution < 1.29 is 32.6 Å². The Morgan fingerprint density at radius 3 is 2.27 bits per heavy atom. The van der Waals surface area contributed by atoms with E-state index in [2.05, 4.69) is 50.6 Å². The van der Waals surface area contributed by atoms with Crippen molar-refractivity contribution in [3.63, 3.8) is 0 Å². The molecule has 1 atom stereocenters. The van der Waals surface area contributed by atoms with E-state index in [1.54, 1.807) is 6.08 Å². The average molecular weight is 517 g/mol. The molecule has 2 aromatic rings. The van der Waals surface area contributed by atoms with Crippen molar-refractivity contribution in [2.24, 2.45) is 5.92 Å². The molecule has 1 aliphatic carbocycles. The van der Waals surface area contributed by atoms with E-state index in [9.17, 15) is 27.9 Å². The number of carbonyl (C=O) groups excluding carboxylic acids is 1. The smallest absolute Gasteiger partial charge is 0.416 e. The summed E-state index contributed by atoms with van der Waals surface area (Å²) >= 11 is 0. The molecule has 2 aromatic carbocycles. The number of hydrogen-bond donors (Lipinski definition) is 1. The molecule has 0 heterocycles. The molecule has 1 N–H and O–H groups in total. The van der Waals surface area contributed by atoms with Crippen LogP contribution in [0.4, 0.5) is 13.2 Å². The molecule has 0 radical (unpaired) electrons. The first-order chi connectivity index (χ1) is 17.2. The molecule has 0 saturated heterocycles. The fourth-order valence-corrected chi connectivity index (χ4v) is 5.05. The predicted octanol–water partition coefficient (Wildman–Crippen LogP) is 7.33. The molecule has 4 nitrogen and oxygen atoms in total. The second-order valence-electron chi connectivity index (χ2n) is 11.1. The Balaban J connectivity index is 1.93. The van der Waals surface area contributed by atoms with Gasteiger partial charge in [0, 0.05) is 0 Å². The summed E-state index contributed by atoms with van der Waals surface area (Å²) in [4.78, 5) is 23.8. The first-order valence-corrected chi connectivity index (χ1v) is 12.5. The Hall–Kier alpha value is -3.09. The van der Waals surface area contributed by atoms with Crippen LogP contribution in [0, 0.1) is 5.92 Å². The molecule has 0 amide bonds. The maximum absolute atomic E-state index is 13.3. The van der Waals surface area contributed by atoms with Gasteiger partial charge in [-0.05, 0) is 82.9 Å². The SMILES string of the molecule is COC(=O)C(CC(=CCCc1ccc2c(c1)C(C)(C)CCC2(C)C)c1cccc(C(F)(F)F)c1)C(=O)O. The van der Waals surface area contributed by atoms with Gasteiger partial charge in [0.05, 0.1) is 12.7 Å². The average Bonchev–Trinajstić information content (AvgIpc) is 2.83. The van der Waals surface area contributed by atoms with Crippen molar-refractivity contribution in [1.82, 2.24) is 0 Å². The maximum Gasteiger partial charge on any atom is 0.416 e. The van der Waals surface area contributed by atoms with Gasteiger partial charge >= 0.3 is 18.1 Å². The van der Waals surface area contributed by atoms with Gasteiger partial charge in [0.2, 0.25) is 0 Å². The number of carboxylic acids is 1. The second-order valence-corrected chi connectivity index (χ2v) is 11.1. The van der Waals surface area contributed by atoms with Crippen LogP contribution in [0.15, 0.2) is 48.5 Å². The zero-order chi connectivity index (χ0) is 27.6. The Labute approximate surface area is 216 Å². The van der Waals surface area contributed by atoms with Crippen molar-refractivity contribution in [1.29, 1.82) is 0 Å². The van der Waals surface area contributed by atoms with E-state index in [1.807, 2.05) is 0 Å². The molecule has 200 valence electrons. The first kappa shape index (κ1) is 28.5. The van der Waals surface area contributed by atoms with Crippen LogP contribution >= 0.6 is 0 Å². The van der Waals surface area contributed by atoms with Crippen LogP contribution < -0.4 is 0 Å². The Morgan fingerprint density at radius 1 is 1.03 bits per heavy atom. The van der Waals surface area contributed by atoms with Gasteiger partial charge in [-0.15, -0.1) is 0 Å². The fourth-order valence-electron chi connectivity index (χ4n) is 5.05. The second kappa shape index (κ2) is 10.7. The minimum atomic E-state index is -4.54. The molecular formula is C30H35F3O4. The van der Waals surface area contributed by atoms with Crippen molar-refractivity contribution in [3.8, 4) is 0 Å². The Bertz CT molecular complexity index is 1190. The van der Waals surface area contributed by atoms with E-state index in [-0.39, 0.29) is 22.8 Å². The third-order valence-electron chi connectivity index (χ3n) is 7.51. The summed E-state index contributed by atoms with van der Waals surface area (Å²) in [6.45, 7) is 9.00. The van der Waals surface area contributed by atoms with Crippen LogP contribution in [0.3, 0.4) is 0 Å². The Morgan fingerprint density at radius 2 is 1.68 bits per heavy atom. The highest BCUT2D eigenvalue weighted by Gasteiger charge is 2.37. The number of allylic oxidation sites excluding steroid dienone is 2. The number of aliphatic carboxylic acids is 1. The van der Waals surface area contributed by atoms with E-state index in [1.165, 1.54) is 23.3 Å². The van der Waals surface area contributed by atoms with E-state index >= 15 is 0 Å². The highest BCUT2D eigenvalue weighted by Crippen LogP contribution is 2.46. The number of fused-ring (bicyclic) bond motifs is 1. The predicted molar refractivity (Wildman–Crippen MR) is 137 cm³/mol. The summed E-state index contributed by atoms with van der Waals surface area (Å²) in [5.41, 5.74) is 3.68. The number of rotatable bonds is 8. The van der Waals surface area contributed by atoms with Gasteiger partial charge in [0.25, 0.3) is 0 Å². The monoisotopic (exact) mass is 516 g/mol. The summed E-state index contributed by atoms with van der Waals surface area (Å²) in [6, 6.07) is 11.2. The lowest BCUT2D eigenvalue weighted by Crippen LogP contribution is -2.33. The van der Waals surface area contributed by atoms with E-state index in [4.69, 9.17) is 0 Å². The van der Waals surface area contributed by atoms with Gasteiger partial charge in [0.1, 0.15) is 0 Å². The molecule has 37 heavy (non-hydrogen) atoms. The van der Waals surface area contributed by atoms with Crippen molar-refractivity contribution in [3.05, 3.63) is 76.4 Å². The van der Waals surface area contributed by atoms with Crippen LogP contribution in [0.5, 0.6) is 0 Å². The molecule has 1 aliphatic rings. The molecule has 0 fully saturated rings. The lowest BCUT2D eigenvalue weighted by atomic mass is 9.63. The number of benzene rings is 2. The molecule has 3 rings (SSSR count). The number of ether oxygens (including phenoxy) is 1. The van der Waals surface area contributed by atoms with Crippen molar-refractivity contribution >= 4 is 17.5 Å². The Kier molecular flexibility index (Phi) is 8.25. The van der Waals surface area contributed by atoms with E-state index < -0.39 is 29.6 Å². The summed E-state index contributed by atoms with van der Waals surface area (Å²) in [5, 5.41) is 9.55. The minimum absolute atomic E-state index is 0.0507. The van der Waals surface area contributed by atoms with Crippen LogP contribution in [-0.4, -0.2) is 24.2 Å². The molecule has 0 spiro atoms. The summed E-state index contributed by atoms with van der Waals surface area (Å²) in [7, 11) is 1.09. The third kappa shape index (κ3) is 6.62.